The maximum Gasteiger partial charge on any atom is 0.134 e. The molecule has 0 spiro atoms. The van der Waals surface area contributed by atoms with Gasteiger partial charge in [-0.3, -0.25) is 5.01 Å². The number of β-amino-alcohol motifs (C(OH)–C–C–N with tert-alkyl or cyclic N) is 2. The molecule has 0 fully saturated rings. The number of hydrogen-bond acceptors (Lipinski definition) is 6. The lowest BCUT2D eigenvalue weighted by Crippen LogP contribution is -2.42. The van der Waals surface area contributed by atoms with Crippen LogP contribution in [0.5, 0.6) is 0 Å². The zero-order chi connectivity index (χ0) is 9.84. The fourth-order valence-corrected chi connectivity index (χ4v) is 1.35. The SMILES string of the molecule is NC1=C(N)N(CCO)N(CCO)C1. The third kappa shape index (κ3) is 2.03. The van der Waals surface area contributed by atoms with Crippen molar-refractivity contribution in [1.82, 2.24) is 10.0 Å². The Morgan fingerprint density at radius 1 is 1.15 bits per heavy atom. The van der Waals surface area contributed by atoms with Crippen molar-refractivity contribution >= 4 is 0 Å². The predicted molar refractivity (Wildman–Crippen MR) is 47.9 cm³/mol. The van der Waals surface area contributed by atoms with Gasteiger partial charge in [-0.25, -0.2) is 5.01 Å². The summed E-state index contributed by atoms with van der Waals surface area (Å²) in [6, 6.07) is 0. The lowest BCUT2D eigenvalue weighted by atomic mass is 10.4. The Hall–Kier alpha value is -0.980. The van der Waals surface area contributed by atoms with Gasteiger partial charge in [0.05, 0.1) is 32.0 Å². The Bertz CT molecular complexity index is 207. The van der Waals surface area contributed by atoms with Crippen LogP contribution in [0.15, 0.2) is 11.5 Å². The quantitative estimate of drug-likeness (QED) is 0.392. The molecule has 0 atom stereocenters. The molecule has 6 N–H and O–H groups in total. The number of aliphatic hydroxyl groups excluding tert-OH is 2. The zero-order valence-electron chi connectivity index (χ0n) is 7.48. The standard InChI is InChI=1S/C7H16N4O2/c8-6-5-10(1-3-12)11(2-4-13)7(6)9/h12-13H,1-5,8-9H2. The van der Waals surface area contributed by atoms with E-state index in [1.165, 1.54) is 0 Å². The first-order chi connectivity index (χ1) is 6.20. The third-order valence-electron chi connectivity index (χ3n) is 1.97. The van der Waals surface area contributed by atoms with E-state index in [1.54, 1.807) is 10.0 Å². The molecule has 0 aromatic carbocycles. The van der Waals surface area contributed by atoms with Crippen LogP contribution >= 0.6 is 0 Å². The van der Waals surface area contributed by atoms with Gasteiger partial charge in [-0.2, -0.15) is 0 Å². The number of hydrazine groups is 1. The Morgan fingerprint density at radius 2 is 1.77 bits per heavy atom. The van der Waals surface area contributed by atoms with E-state index in [1.807, 2.05) is 0 Å². The number of nitrogens with two attached hydrogens (primary N) is 2. The normalized spacial score (nSPS) is 18.8. The molecule has 0 unspecified atom stereocenters. The Labute approximate surface area is 77.0 Å². The highest BCUT2D eigenvalue weighted by Gasteiger charge is 2.25. The van der Waals surface area contributed by atoms with Crippen LogP contribution in [-0.2, 0) is 0 Å². The summed E-state index contributed by atoms with van der Waals surface area (Å²) in [7, 11) is 0. The van der Waals surface area contributed by atoms with Crippen LogP contribution in [0.4, 0.5) is 0 Å². The van der Waals surface area contributed by atoms with Gasteiger partial charge in [0.2, 0.25) is 0 Å². The van der Waals surface area contributed by atoms with E-state index in [9.17, 15) is 0 Å². The number of hydrogen-bond donors (Lipinski definition) is 4. The van der Waals surface area contributed by atoms with Crippen molar-refractivity contribution in [2.24, 2.45) is 11.5 Å². The molecule has 0 amide bonds. The summed E-state index contributed by atoms with van der Waals surface area (Å²) in [5, 5.41) is 21.0. The minimum absolute atomic E-state index is 0.00983. The Kier molecular flexibility index (Phi) is 3.35. The van der Waals surface area contributed by atoms with Crippen molar-refractivity contribution in [3.05, 3.63) is 11.5 Å². The molecule has 0 saturated carbocycles. The molecule has 13 heavy (non-hydrogen) atoms. The van der Waals surface area contributed by atoms with Crippen molar-refractivity contribution in [2.45, 2.75) is 0 Å². The van der Waals surface area contributed by atoms with E-state index in [0.717, 1.165) is 0 Å². The lowest BCUT2D eigenvalue weighted by Gasteiger charge is -2.29. The summed E-state index contributed by atoms with van der Waals surface area (Å²) in [5.41, 5.74) is 11.9. The van der Waals surface area contributed by atoms with Crippen LogP contribution in [-0.4, -0.2) is 53.1 Å². The van der Waals surface area contributed by atoms with Crippen molar-refractivity contribution in [3.8, 4) is 0 Å². The first-order valence-electron chi connectivity index (χ1n) is 4.19. The Morgan fingerprint density at radius 3 is 2.31 bits per heavy atom. The number of rotatable bonds is 4. The molecule has 0 aromatic heterocycles. The molecule has 0 aliphatic carbocycles. The summed E-state index contributed by atoms with van der Waals surface area (Å²) in [6.07, 6.45) is 0. The molecule has 0 bridgehead atoms. The van der Waals surface area contributed by atoms with Crippen LogP contribution in [0.2, 0.25) is 0 Å². The van der Waals surface area contributed by atoms with Crippen LogP contribution in [0, 0.1) is 0 Å². The van der Waals surface area contributed by atoms with E-state index < -0.39 is 0 Å². The second kappa shape index (κ2) is 4.31. The number of aliphatic hydroxyl groups is 2. The summed E-state index contributed by atoms with van der Waals surface area (Å²) in [6.45, 7) is 1.46. The van der Waals surface area contributed by atoms with Gasteiger partial charge in [0.25, 0.3) is 0 Å². The molecular weight excluding hydrogens is 172 g/mol. The summed E-state index contributed by atoms with van der Waals surface area (Å²) < 4.78 is 0. The first-order valence-corrected chi connectivity index (χ1v) is 4.19. The summed E-state index contributed by atoms with van der Waals surface area (Å²) in [4.78, 5) is 0. The van der Waals surface area contributed by atoms with Crippen molar-refractivity contribution in [3.63, 3.8) is 0 Å². The van der Waals surface area contributed by atoms with Crippen molar-refractivity contribution in [1.29, 1.82) is 0 Å². The molecule has 0 saturated heterocycles. The fourth-order valence-electron chi connectivity index (χ4n) is 1.35. The van der Waals surface area contributed by atoms with Crippen LogP contribution in [0.3, 0.4) is 0 Å². The minimum atomic E-state index is 0.00983. The van der Waals surface area contributed by atoms with E-state index in [4.69, 9.17) is 21.7 Å². The van der Waals surface area contributed by atoms with Crippen LogP contribution in [0.25, 0.3) is 0 Å². The fraction of sp³-hybridized carbons (Fsp3) is 0.714. The molecule has 6 nitrogen and oxygen atoms in total. The topological polar surface area (TPSA) is 99.0 Å². The molecule has 1 aliphatic heterocycles. The van der Waals surface area contributed by atoms with E-state index in [0.29, 0.717) is 31.2 Å². The second-order valence-electron chi connectivity index (χ2n) is 2.87. The number of nitrogens with zero attached hydrogens (tertiary/aromatic N) is 2. The third-order valence-corrected chi connectivity index (χ3v) is 1.97. The van der Waals surface area contributed by atoms with Gasteiger partial charge in [-0.1, -0.05) is 0 Å². The molecule has 1 heterocycles. The second-order valence-corrected chi connectivity index (χ2v) is 2.87. The van der Waals surface area contributed by atoms with Gasteiger partial charge in [0.15, 0.2) is 0 Å². The van der Waals surface area contributed by atoms with Gasteiger partial charge in [-0.05, 0) is 0 Å². The molecule has 0 radical (unpaired) electrons. The predicted octanol–water partition coefficient (Wildman–Crippen LogP) is -2.41. The molecule has 76 valence electrons. The average Bonchev–Trinajstić information content (AvgIpc) is 2.34. The zero-order valence-corrected chi connectivity index (χ0v) is 7.48. The maximum absolute atomic E-state index is 8.77. The van der Waals surface area contributed by atoms with Gasteiger partial charge in [0, 0.05) is 6.54 Å². The average molecular weight is 188 g/mol. The van der Waals surface area contributed by atoms with E-state index in [2.05, 4.69) is 0 Å². The van der Waals surface area contributed by atoms with Gasteiger partial charge in [-0.15, -0.1) is 0 Å². The molecule has 1 rings (SSSR count). The van der Waals surface area contributed by atoms with E-state index in [-0.39, 0.29) is 13.2 Å². The lowest BCUT2D eigenvalue weighted by molar-refractivity contribution is 0.0104. The van der Waals surface area contributed by atoms with E-state index >= 15 is 0 Å². The van der Waals surface area contributed by atoms with Gasteiger partial charge in [0.1, 0.15) is 5.82 Å². The smallest absolute Gasteiger partial charge is 0.134 e. The van der Waals surface area contributed by atoms with Gasteiger partial charge < -0.3 is 21.7 Å². The van der Waals surface area contributed by atoms with Crippen molar-refractivity contribution < 1.29 is 10.2 Å². The maximum atomic E-state index is 8.77. The van der Waals surface area contributed by atoms with Crippen LogP contribution < -0.4 is 11.5 Å². The van der Waals surface area contributed by atoms with Crippen LogP contribution in [0.1, 0.15) is 0 Å². The molecule has 6 heteroatoms. The highest BCUT2D eigenvalue weighted by molar-refractivity contribution is 5.12. The largest absolute Gasteiger partial charge is 0.398 e. The summed E-state index contributed by atoms with van der Waals surface area (Å²) >= 11 is 0. The summed E-state index contributed by atoms with van der Waals surface area (Å²) in [5.74, 6) is 0.475. The monoisotopic (exact) mass is 188 g/mol. The molecule has 0 aromatic rings. The first kappa shape index (κ1) is 10.1. The highest BCUT2D eigenvalue weighted by atomic mass is 16.3. The minimum Gasteiger partial charge on any atom is -0.398 e. The van der Waals surface area contributed by atoms with Crippen molar-refractivity contribution in [2.75, 3.05) is 32.8 Å². The Balaban J connectivity index is 2.60. The highest BCUT2D eigenvalue weighted by Crippen LogP contribution is 2.14. The van der Waals surface area contributed by atoms with Gasteiger partial charge >= 0.3 is 0 Å². The molecule has 1 aliphatic rings. The molecular formula is C7H16N4O2.